The average molecular weight is 1120 g/mol. The number of Topliss-reactive ketones (excluding diaryl/α,β-unsaturated/α-hetero) is 2. The van der Waals surface area contributed by atoms with Crippen LogP contribution < -0.4 is 26.0 Å². The monoisotopic (exact) mass is 1120 g/mol. The van der Waals surface area contributed by atoms with E-state index in [4.69, 9.17) is 0 Å². The van der Waals surface area contributed by atoms with Gasteiger partial charge in [-0.3, -0.25) is 28.8 Å². The summed E-state index contributed by atoms with van der Waals surface area (Å²) in [7, 11) is 0. The number of rotatable bonds is 13. The summed E-state index contributed by atoms with van der Waals surface area (Å²) in [6.07, 6.45) is -4.93. The van der Waals surface area contributed by atoms with Gasteiger partial charge in [-0.25, -0.2) is 27.8 Å². The second-order valence-electron chi connectivity index (χ2n) is 19.1. The third kappa shape index (κ3) is 12.1. The summed E-state index contributed by atoms with van der Waals surface area (Å²) in [4.78, 5) is 84.6. The van der Waals surface area contributed by atoms with Crippen LogP contribution in [0.3, 0.4) is 0 Å². The van der Waals surface area contributed by atoms with Crippen molar-refractivity contribution in [3.8, 4) is 5.75 Å². The molecule has 10 rings (SSSR count). The number of amides is 4. The van der Waals surface area contributed by atoms with Gasteiger partial charge < -0.3 is 26.0 Å². The number of hydrogen-bond acceptors (Lipinski definition) is 11. The molecule has 0 bridgehead atoms. The van der Waals surface area contributed by atoms with Gasteiger partial charge in [-0.05, 0) is 122 Å². The van der Waals surface area contributed by atoms with E-state index < -0.39 is 77.3 Å². The molecule has 0 saturated carbocycles. The zero-order chi connectivity index (χ0) is 58.2. The van der Waals surface area contributed by atoms with Gasteiger partial charge in [0.1, 0.15) is 34.3 Å². The van der Waals surface area contributed by atoms with Crippen molar-refractivity contribution in [3.05, 3.63) is 193 Å². The van der Waals surface area contributed by atoms with Gasteiger partial charge in [-0.2, -0.15) is 23.4 Å². The highest BCUT2D eigenvalue weighted by Crippen LogP contribution is 2.37. The summed E-state index contributed by atoms with van der Waals surface area (Å²) in [6.45, 7) is 6.24. The first-order valence-electron chi connectivity index (χ1n) is 24.9. The molecule has 0 saturated heterocycles. The molecule has 17 nitrogen and oxygen atoms in total. The van der Waals surface area contributed by atoms with Gasteiger partial charge in [-0.15, -0.1) is 13.2 Å². The molecule has 4 aromatic carbocycles. The number of benzene rings is 4. The minimum absolute atomic E-state index is 0.0150. The summed E-state index contributed by atoms with van der Waals surface area (Å²) in [5, 5.41) is 18.8. The number of nitrogens with zero attached hydrogens (tertiary/aromatic N) is 6. The molecule has 4 amide bonds. The van der Waals surface area contributed by atoms with Crippen LogP contribution >= 0.6 is 0 Å². The molecule has 2 atom stereocenters. The minimum Gasteiger partial charge on any atom is -0.406 e. The Balaban J connectivity index is 0.000000196. The van der Waals surface area contributed by atoms with E-state index in [-0.39, 0.29) is 58.1 Å². The van der Waals surface area contributed by atoms with Crippen molar-refractivity contribution in [1.82, 2.24) is 50.5 Å². The van der Waals surface area contributed by atoms with Crippen LogP contribution in [0.5, 0.6) is 5.75 Å². The molecule has 81 heavy (non-hydrogen) atoms. The number of nitrogens with one attached hydrogen (secondary N) is 4. The van der Waals surface area contributed by atoms with Gasteiger partial charge in [0.15, 0.2) is 28.7 Å². The lowest BCUT2D eigenvalue weighted by Crippen LogP contribution is -2.30. The van der Waals surface area contributed by atoms with Gasteiger partial charge in [0.2, 0.25) is 0 Å². The van der Waals surface area contributed by atoms with Crippen molar-refractivity contribution >= 4 is 46.5 Å². The minimum atomic E-state index is -4.92. The SMILES string of the molecule is CC(=O)c1ccc2c(c1C)CC[C@@H]2NC(=O)c1cc(C(=O)NCc2ccc(F)c(C(F)(F)F)c2)nc2c(F)cnn12.CC(=O)c1ccc2c(c1C)CC[C@@H]2NC(=O)c1cc(C(=O)NCc2cccc(OC(F)(F)F)c2)nc2ccnn12. The number of aromatic nitrogens is 6. The number of ether oxygens (including phenoxy) is 1. The van der Waals surface area contributed by atoms with E-state index >= 15 is 0 Å². The van der Waals surface area contributed by atoms with Gasteiger partial charge in [0.05, 0.1) is 30.0 Å². The van der Waals surface area contributed by atoms with E-state index in [0.29, 0.717) is 54.5 Å². The molecule has 8 aromatic rings. The number of ketones is 2. The van der Waals surface area contributed by atoms with Gasteiger partial charge in [0.25, 0.3) is 23.6 Å². The first-order chi connectivity index (χ1) is 38.3. The molecule has 2 aliphatic rings. The fourth-order valence-electron chi connectivity index (χ4n) is 9.99. The number of fused-ring (bicyclic) bond motifs is 4. The van der Waals surface area contributed by atoms with E-state index in [1.807, 2.05) is 19.9 Å². The average Bonchev–Trinajstić information content (AvgIpc) is 4.24. The second-order valence-corrected chi connectivity index (χ2v) is 19.1. The Kier molecular flexibility index (Phi) is 15.6. The molecular formula is C56H46F8N10O7. The zero-order valence-electron chi connectivity index (χ0n) is 43.2. The molecule has 4 heterocycles. The Morgan fingerprint density at radius 2 is 1.16 bits per heavy atom. The predicted octanol–water partition coefficient (Wildman–Crippen LogP) is 9.37. The van der Waals surface area contributed by atoms with Crippen molar-refractivity contribution in [2.45, 2.75) is 91.1 Å². The highest BCUT2D eigenvalue weighted by atomic mass is 19.4. The lowest BCUT2D eigenvalue weighted by Gasteiger charge is -2.16. The van der Waals surface area contributed by atoms with E-state index in [1.165, 1.54) is 48.8 Å². The largest absolute Gasteiger partial charge is 0.573 e. The summed E-state index contributed by atoms with van der Waals surface area (Å²) < 4.78 is 111. The van der Waals surface area contributed by atoms with Crippen molar-refractivity contribution < 1.29 is 68.6 Å². The Morgan fingerprint density at radius 3 is 1.70 bits per heavy atom. The van der Waals surface area contributed by atoms with E-state index in [0.717, 1.165) is 62.3 Å². The summed E-state index contributed by atoms with van der Waals surface area (Å²) in [6, 6.07) is 17.9. The smallest absolute Gasteiger partial charge is 0.406 e. The topological polar surface area (TPSA) is 220 Å². The van der Waals surface area contributed by atoms with E-state index in [1.54, 1.807) is 24.3 Å². The molecule has 418 valence electrons. The molecule has 25 heteroatoms. The number of hydrogen-bond donors (Lipinski definition) is 4. The summed E-state index contributed by atoms with van der Waals surface area (Å²) in [5.41, 5.74) is 4.98. The third-order valence-electron chi connectivity index (χ3n) is 13.8. The van der Waals surface area contributed by atoms with Crippen molar-refractivity contribution in [1.29, 1.82) is 0 Å². The van der Waals surface area contributed by atoms with E-state index in [2.05, 4.69) is 46.2 Å². The van der Waals surface area contributed by atoms with Crippen molar-refractivity contribution in [2.24, 2.45) is 0 Å². The lowest BCUT2D eigenvalue weighted by atomic mass is 9.96. The number of carbonyl (C=O) groups is 6. The van der Waals surface area contributed by atoms with Crippen LogP contribution in [-0.4, -0.2) is 70.8 Å². The predicted molar refractivity (Wildman–Crippen MR) is 272 cm³/mol. The first kappa shape index (κ1) is 56.3. The van der Waals surface area contributed by atoms with Crippen LogP contribution in [-0.2, 0) is 32.1 Å². The molecule has 4 aromatic heterocycles. The molecule has 2 aliphatic carbocycles. The summed E-state index contributed by atoms with van der Waals surface area (Å²) in [5.74, 6) is -5.51. The molecule has 0 unspecified atom stereocenters. The zero-order valence-corrected chi connectivity index (χ0v) is 43.2. The van der Waals surface area contributed by atoms with Gasteiger partial charge in [-0.1, -0.05) is 42.5 Å². The lowest BCUT2D eigenvalue weighted by molar-refractivity contribution is -0.274. The number of carbonyl (C=O) groups excluding carboxylic acids is 6. The van der Waals surface area contributed by atoms with E-state index in [9.17, 15) is 63.9 Å². The fraction of sp³-hybridized carbons (Fsp3) is 0.250. The van der Waals surface area contributed by atoms with Crippen molar-refractivity contribution in [2.75, 3.05) is 0 Å². The molecule has 0 aliphatic heterocycles. The second kappa shape index (κ2) is 22.4. The maximum Gasteiger partial charge on any atom is 0.573 e. The molecule has 0 radical (unpaired) electrons. The van der Waals surface area contributed by atoms with Crippen LogP contribution in [0, 0.1) is 25.5 Å². The first-order valence-corrected chi connectivity index (χ1v) is 24.9. The highest BCUT2D eigenvalue weighted by molar-refractivity contribution is 6.00. The Morgan fingerprint density at radius 1 is 0.617 bits per heavy atom. The van der Waals surface area contributed by atoms with Crippen LogP contribution in [0.2, 0.25) is 0 Å². The molecular weight excluding hydrogens is 1080 g/mol. The van der Waals surface area contributed by atoms with Gasteiger partial charge >= 0.3 is 12.5 Å². The Bertz CT molecular complexity index is 3870. The standard InChI is InChI=1S/C28H22F5N5O3.C28H24F3N5O4/c1-13-16(14(2)39)4-5-18-17(13)6-8-22(18)37-27(41)24-10-23(36-25-21(30)12-35-38(24)25)26(40)34-11-15-3-7-20(29)19(9-15)28(31,32)33;1-15-19(16(2)37)6-7-21-20(15)8-9-22(21)35-27(39)24-13-23(34-25-10-11-33-36(24)25)26(38)32-14-17-4-3-5-18(12-17)40-28(29,30)31/h3-5,7,9-10,12,22H,6,8,11H2,1-2H3,(H,34,40)(H,37,41);3-7,10-13,22H,8-9,14H2,1-2H3,(H,32,38)(H,35,39)/t2*22-/m00/s1. The maximum absolute atomic E-state index is 14.4. The van der Waals surface area contributed by atoms with Gasteiger partial charge in [0, 0.05) is 42.4 Å². The highest BCUT2D eigenvalue weighted by Gasteiger charge is 2.35. The van der Waals surface area contributed by atoms with Crippen LogP contribution in [0.1, 0.15) is 152 Å². The fourth-order valence-corrected chi connectivity index (χ4v) is 9.99. The number of alkyl halides is 6. The molecule has 0 fully saturated rings. The maximum atomic E-state index is 14.4. The normalized spacial score (nSPS) is 14.6. The Labute approximate surface area is 454 Å². The number of halogens is 8. The third-order valence-corrected chi connectivity index (χ3v) is 13.8. The molecule has 4 N–H and O–H groups in total. The van der Waals surface area contributed by atoms with Crippen LogP contribution in [0.4, 0.5) is 35.1 Å². The van der Waals surface area contributed by atoms with Crippen molar-refractivity contribution in [3.63, 3.8) is 0 Å². The van der Waals surface area contributed by atoms with Crippen LogP contribution in [0.15, 0.2) is 97.3 Å². The quantitative estimate of drug-likeness (QED) is 0.0629. The van der Waals surface area contributed by atoms with Crippen LogP contribution in [0.25, 0.3) is 11.3 Å². The summed E-state index contributed by atoms with van der Waals surface area (Å²) >= 11 is 0. The Hall–Kier alpha value is -9.42. The molecule has 0 spiro atoms.